The molecule has 0 aromatic carbocycles. The van der Waals surface area contributed by atoms with E-state index in [0.717, 1.165) is 6.42 Å². The molecule has 0 radical (unpaired) electrons. The summed E-state index contributed by atoms with van der Waals surface area (Å²) in [7, 11) is 0. The van der Waals surface area contributed by atoms with Gasteiger partial charge in [-0.2, -0.15) is 0 Å². The summed E-state index contributed by atoms with van der Waals surface area (Å²) in [6.07, 6.45) is 11.5. The zero-order valence-electron chi connectivity index (χ0n) is 6.38. The van der Waals surface area contributed by atoms with E-state index in [-0.39, 0.29) is 0 Å². The molecule has 0 aliphatic carbocycles. The first-order valence-electron chi connectivity index (χ1n) is 3.73. The standard InChI is InChI=1S/C9H13N/c1-9-5-3-2-4-7-10-8-6-9/h4,6-8H,2-3,5H2,1H3/b7-4-,9-6-,10-8+. The molecule has 0 fully saturated rings. The molecule has 0 atom stereocenters. The fraction of sp³-hybridized carbons (Fsp3) is 0.444. The van der Waals surface area contributed by atoms with Crippen LogP contribution in [-0.2, 0) is 0 Å². The number of hydrogen-bond donors (Lipinski definition) is 0. The van der Waals surface area contributed by atoms with Gasteiger partial charge < -0.3 is 0 Å². The van der Waals surface area contributed by atoms with Crippen LogP contribution in [-0.4, -0.2) is 6.21 Å². The largest absolute Gasteiger partial charge is 0.265 e. The van der Waals surface area contributed by atoms with Gasteiger partial charge in [0.25, 0.3) is 0 Å². The van der Waals surface area contributed by atoms with E-state index in [0.29, 0.717) is 0 Å². The van der Waals surface area contributed by atoms with Gasteiger partial charge in [-0.3, -0.25) is 4.99 Å². The maximum absolute atomic E-state index is 4.06. The van der Waals surface area contributed by atoms with Crippen LogP contribution in [0.2, 0.25) is 0 Å². The Kier molecular flexibility index (Phi) is 2.94. The first kappa shape index (κ1) is 7.26. The third-order valence-electron chi connectivity index (χ3n) is 1.58. The summed E-state index contributed by atoms with van der Waals surface area (Å²) in [5, 5.41) is 0. The molecule has 0 saturated carbocycles. The molecule has 0 aromatic rings. The van der Waals surface area contributed by atoms with Gasteiger partial charge in [0.15, 0.2) is 0 Å². The highest BCUT2D eigenvalue weighted by atomic mass is 14.7. The van der Waals surface area contributed by atoms with E-state index in [9.17, 15) is 0 Å². The topological polar surface area (TPSA) is 12.4 Å². The highest BCUT2D eigenvalue weighted by Gasteiger charge is 1.88. The lowest BCUT2D eigenvalue weighted by atomic mass is 10.1. The smallest absolute Gasteiger partial charge is 0.0267 e. The first-order valence-corrected chi connectivity index (χ1v) is 3.73. The highest BCUT2D eigenvalue weighted by Crippen LogP contribution is 2.07. The summed E-state index contributed by atoms with van der Waals surface area (Å²) < 4.78 is 0. The summed E-state index contributed by atoms with van der Waals surface area (Å²) in [4.78, 5) is 4.06. The molecule has 1 heteroatoms. The van der Waals surface area contributed by atoms with Crippen molar-refractivity contribution in [2.24, 2.45) is 4.99 Å². The molecule has 1 aliphatic rings. The molecule has 0 amide bonds. The predicted octanol–water partition coefficient (Wildman–Crippen LogP) is 2.70. The second-order valence-corrected chi connectivity index (χ2v) is 2.59. The van der Waals surface area contributed by atoms with Crippen LogP contribution in [0.15, 0.2) is 28.9 Å². The lowest BCUT2D eigenvalue weighted by molar-refractivity contribution is 0.833. The van der Waals surface area contributed by atoms with Crippen molar-refractivity contribution in [3.05, 3.63) is 23.9 Å². The number of rotatable bonds is 0. The first-order chi connectivity index (χ1) is 4.89. The number of hydrogen-bond acceptors (Lipinski definition) is 1. The Hall–Kier alpha value is -0.850. The van der Waals surface area contributed by atoms with Gasteiger partial charge in [0.05, 0.1) is 0 Å². The quantitative estimate of drug-likeness (QED) is 0.484. The Morgan fingerprint density at radius 2 is 2.40 bits per heavy atom. The maximum Gasteiger partial charge on any atom is 0.0267 e. The van der Waals surface area contributed by atoms with Crippen LogP contribution < -0.4 is 0 Å². The molecular formula is C9H13N. The number of nitrogens with zero attached hydrogens (tertiary/aromatic N) is 1. The van der Waals surface area contributed by atoms with Crippen molar-refractivity contribution in [2.75, 3.05) is 0 Å². The fourth-order valence-electron chi connectivity index (χ4n) is 0.937. The fourth-order valence-corrected chi connectivity index (χ4v) is 0.937. The molecule has 54 valence electrons. The van der Waals surface area contributed by atoms with Gasteiger partial charge in [0.2, 0.25) is 0 Å². The van der Waals surface area contributed by atoms with E-state index >= 15 is 0 Å². The molecule has 1 nitrogen and oxygen atoms in total. The van der Waals surface area contributed by atoms with E-state index in [1.807, 2.05) is 12.4 Å². The van der Waals surface area contributed by atoms with E-state index < -0.39 is 0 Å². The van der Waals surface area contributed by atoms with Crippen LogP contribution in [0.5, 0.6) is 0 Å². The van der Waals surface area contributed by atoms with Gasteiger partial charge in [-0.05, 0) is 32.3 Å². The molecule has 0 N–H and O–H groups in total. The van der Waals surface area contributed by atoms with Gasteiger partial charge >= 0.3 is 0 Å². The van der Waals surface area contributed by atoms with E-state index in [4.69, 9.17) is 0 Å². The van der Waals surface area contributed by atoms with Gasteiger partial charge in [0, 0.05) is 12.4 Å². The highest BCUT2D eigenvalue weighted by molar-refractivity contribution is 5.72. The van der Waals surface area contributed by atoms with Crippen LogP contribution in [0.3, 0.4) is 0 Å². The SMILES string of the molecule is C/C1=C/C=N/C=C\CCC1. The zero-order chi connectivity index (χ0) is 7.23. The van der Waals surface area contributed by atoms with Crippen molar-refractivity contribution in [1.82, 2.24) is 0 Å². The van der Waals surface area contributed by atoms with Crippen LogP contribution in [0.4, 0.5) is 0 Å². The Morgan fingerprint density at radius 1 is 1.50 bits per heavy atom. The Labute approximate surface area is 62.2 Å². The van der Waals surface area contributed by atoms with Gasteiger partial charge in [-0.25, -0.2) is 0 Å². The van der Waals surface area contributed by atoms with Gasteiger partial charge in [-0.15, -0.1) is 0 Å². The monoisotopic (exact) mass is 135 g/mol. The second kappa shape index (κ2) is 4.04. The summed E-state index contributed by atoms with van der Waals surface area (Å²) >= 11 is 0. The number of allylic oxidation sites excluding steroid dienone is 3. The zero-order valence-corrected chi connectivity index (χ0v) is 6.38. The van der Waals surface area contributed by atoms with Crippen molar-refractivity contribution < 1.29 is 0 Å². The Balaban J connectivity index is 2.57. The molecule has 0 saturated heterocycles. The van der Waals surface area contributed by atoms with Crippen molar-refractivity contribution in [1.29, 1.82) is 0 Å². The molecule has 1 aliphatic heterocycles. The van der Waals surface area contributed by atoms with E-state index in [1.54, 1.807) is 0 Å². The normalized spacial score (nSPS) is 30.7. The molecule has 10 heavy (non-hydrogen) atoms. The summed E-state index contributed by atoms with van der Waals surface area (Å²) in [6, 6.07) is 0. The summed E-state index contributed by atoms with van der Waals surface area (Å²) in [5.74, 6) is 0. The lowest BCUT2D eigenvalue weighted by Crippen LogP contribution is -1.76. The predicted molar refractivity (Wildman–Crippen MR) is 45.2 cm³/mol. The van der Waals surface area contributed by atoms with Gasteiger partial charge in [-0.1, -0.05) is 11.6 Å². The van der Waals surface area contributed by atoms with Crippen molar-refractivity contribution in [2.45, 2.75) is 26.2 Å². The second-order valence-electron chi connectivity index (χ2n) is 2.59. The van der Waals surface area contributed by atoms with Crippen LogP contribution in [0.1, 0.15) is 26.2 Å². The third kappa shape index (κ3) is 2.62. The lowest BCUT2D eigenvalue weighted by Gasteiger charge is -1.94. The molecular weight excluding hydrogens is 122 g/mol. The molecule has 1 rings (SSSR count). The number of aliphatic imine (C=N–C) groups is 1. The minimum absolute atomic E-state index is 1.16. The van der Waals surface area contributed by atoms with Crippen molar-refractivity contribution in [3.63, 3.8) is 0 Å². The van der Waals surface area contributed by atoms with Crippen LogP contribution in [0, 0.1) is 0 Å². The van der Waals surface area contributed by atoms with E-state index in [1.165, 1.54) is 18.4 Å². The molecule has 1 heterocycles. The summed E-state index contributed by atoms with van der Waals surface area (Å²) in [5.41, 5.74) is 1.42. The Bertz CT molecular complexity index is 175. The van der Waals surface area contributed by atoms with Gasteiger partial charge in [0.1, 0.15) is 0 Å². The molecule has 0 spiro atoms. The van der Waals surface area contributed by atoms with Crippen LogP contribution in [0.25, 0.3) is 0 Å². The molecule has 0 aromatic heterocycles. The molecule has 0 unspecified atom stereocenters. The maximum atomic E-state index is 4.06. The molecule has 0 bridgehead atoms. The van der Waals surface area contributed by atoms with E-state index in [2.05, 4.69) is 24.1 Å². The minimum Gasteiger partial charge on any atom is -0.265 e. The average molecular weight is 135 g/mol. The van der Waals surface area contributed by atoms with Crippen molar-refractivity contribution >= 4 is 6.21 Å². The third-order valence-corrected chi connectivity index (χ3v) is 1.58. The van der Waals surface area contributed by atoms with Crippen molar-refractivity contribution in [3.8, 4) is 0 Å². The van der Waals surface area contributed by atoms with Crippen LogP contribution >= 0.6 is 0 Å². The average Bonchev–Trinajstić information content (AvgIpc) is 2.02. The minimum atomic E-state index is 1.16. The summed E-state index contributed by atoms with van der Waals surface area (Å²) in [6.45, 7) is 2.15. The Morgan fingerprint density at radius 3 is 3.30 bits per heavy atom.